The Hall–Kier alpha value is -2.12. The molecule has 1 saturated heterocycles. The Morgan fingerprint density at radius 3 is 3.08 bits per heavy atom. The second kappa shape index (κ2) is 5.75. The smallest absolute Gasteiger partial charge is 0.264 e. The predicted octanol–water partition coefficient (Wildman–Crippen LogP) is -0.303. The van der Waals surface area contributed by atoms with Crippen molar-refractivity contribution in [2.75, 3.05) is 12.3 Å². The van der Waals surface area contributed by atoms with E-state index in [2.05, 4.69) is 21.8 Å². The summed E-state index contributed by atoms with van der Waals surface area (Å²) in [5, 5.41) is 19.6. The minimum atomic E-state index is -2.96. The van der Waals surface area contributed by atoms with Crippen molar-refractivity contribution in [3.8, 4) is 11.8 Å². The summed E-state index contributed by atoms with van der Waals surface area (Å²) < 4.78 is 35.5. The lowest BCUT2D eigenvalue weighted by molar-refractivity contribution is -0.0436. The molecule has 1 aliphatic heterocycles. The topological polar surface area (TPSA) is 126 Å². The number of nitrogens with two attached hydrogens (primary N) is 1. The van der Waals surface area contributed by atoms with Gasteiger partial charge in [0.25, 0.3) is 5.56 Å². The molecule has 0 amide bonds. The van der Waals surface area contributed by atoms with Crippen molar-refractivity contribution < 1.29 is 22.1 Å². The monoisotopic (exact) mass is 358 g/mol. The van der Waals surface area contributed by atoms with E-state index < -0.39 is 46.6 Å². The van der Waals surface area contributed by atoms with Crippen molar-refractivity contribution in [2.45, 2.75) is 30.2 Å². The van der Waals surface area contributed by atoms with Crippen molar-refractivity contribution in [3.05, 3.63) is 22.4 Å². The van der Waals surface area contributed by atoms with Gasteiger partial charge < -0.3 is 20.7 Å². The molecule has 1 aliphatic rings. The van der Waals surface area contributed by atoms with Crippen molar-refractivity contribution in [1.82, 2.24) is 14.5 Å². The molecule has 0 aromatic carbocycles. The van der Waals surface area contributed by atoms with Crippen molar-refractivity contribution in [1.29, 1.82) is 0 Å². The second-order valence-corrected chi connectivity index (χ2v) is 5.79. The molecular formula is C14H14ClFN4O4. The van der Waals surface area contributed by atoms with Gasteiger partial charge in [0, 0.05) is 6.20 Å². The number of anilines is 1. The molecule has 128 valence electrons. The van der Waals surface area contributed by atoms with Crippen LogP contribution in [0.4, 0.5) is 10.3 Å². The third-order valence-corrected chi connectivity index (χ3v) is 4.21. The maximum atomic E-state index is 14.3. The highest BCUT2D eigenvalue weighted by Crippen LogP contribution is 2.44. The second-order valence-electron chi connectivity index (χ2n) is 5.16. The average molecular weight is 359 g/mol. The zero-order valence-electron chi connectivity index (χ0n) is 14.2. The molecule has 0 aliphatic carbocycles. The van der Waals surface area contributed by atoms with Gasteiger partial charge in [-0.05, 0) is 6.92 Å². The molecule has 5 N–H and O–H groups in total. The molecule has 3 rings (SSSR count). The number of aromatic amines is 1. The molecule has 1 fully saturated rings. The zero-order chi connectivity index (χ0) is 19.4. The number of H-pyrrole nitrogens is 1. The largest absolute Gasteiger partial charge is 0.394 e. The van der Waals surface area contributed by atoms with E-state index in [4.69, 9.17) is 24.8 Å². The third-order valence-electron chi connectivity index (χ3n) is 3.70. The molecule has 3 heterocycles. The predicted molar refractivity (Wildman–Crippen MR) is 83.8 cm³/mol. The minimum Gasteiger partial charge on any atom is -0.394 e. The van der Waals surface area contributed by atoms with Gasteiger partial charge in [0.2, 0.25) is 5.95 Å². The standard InChI is InChI=1S/C14H14ClFN4O4/c1-2-3-14(15)9(22)7(5-21)24-12(14)20-4-6(16)8-10(20)18-13(17)19-11(8)23/h4,7,9,12,21-22H,5H2,1H3,(H3,17,18,19,23)/t7-,9+,12-,14?/m1/s1/i5D2. The number of rotatable bonds is 2. The van der Waals surface area contributed by atoms with E-state index in [9.17, 15) is 19.4 Å². The Balaban J connectivity index is 2.26. The van der Waals surface area contributed by atoms with Crippen LogP contribution in [0.5, 0.6) is 0 Å². The Morgan fingerprint density at radius 1 is 1.75 bits per heavy atom. The van der Waals surface area contributed by atoms with Crippen LogP contribution in [-0.4, -0.2) is 48.4 Å². The van der Waals surface area contributed by atoms with Gasteiger partial charge in [-0.3, -0.25) is 14.3 Å². The Labute approximate surface area is 142 Å². The van der Waals surface area contributed by atoms with E-state index in [1.807, 2.05) is 0 Å². The number of halogens is 2. The Bertz CT molecular complexity index is 995. The van der Waals surface area contributed by atoms with Gasteiger partial charge >= 0.3 is 0 Å². The summed E-state index contributed by atoms with van der Waals surface area (Å²) in [6.45, 7) is -1.54. The number of nitrogen functional groups attached to an aromatic ring is 1. The first-order valence-electron chi connectivity index (χ1n) is 7.75. The summed E-state index contributed by atoms with van der Waals surface area (Å²) in [5.41, 5.74) is 4.43. The molecule has 1 unspecified atom stereocenters. The minimum absolute atomic E-state index is 0.233. The van der Waals surface area contributed by atoms with Crippen LogP contribution in [0.1, 0.15) is 15.9 Å². The van der Waals surface area contributed by atoms with E-state index >= 15 is 0 Å². The quantitative estimate of drug-likeness (QED) is 0.431. The summed E-state index contributed by atoms with van der Waals surface area (Å²) in [6.07, 6.45) is -4.18. The van der Waals surface area contributed by atoms with Crippen LogP contribution >= 0.6 is 11.6 Å². The van der Waals surface area contributed by atoms with Crippen molar-refractivity contribution in [2.24, 2.45) is 0 Å². The summed E-state index contributed by atoms with van der Waals surface area (Å²) in [6, 6.07) is 0. The molecule has 2 aromatic heterocycles. The maximum absolute atomic E-state index is 14.3. The molecule has 0 saturated carbocycles. The van der Waals surface area contributed by atoms with Crippen LogP contribution in [0.15, 0.2) is 11.0 Å². The van der Waals surface area contributed by atoms with E-state index in [-0.39, 0.29) is 11.6 Å². The average Bonchev–Trinajstić information content (AvgIpc) is 2.95. The van der Waals surface area contributed by atoms with Crippen LogP contribution in [0.25, 0.3) is 11.0 Å². The van der Waals surface area contributed by atoms with E-state index in [1.54, 1.807) is 0 Å². The number of ether oxygens (including phenoxy) is 1. The van der Waals surface area contributed by atoms with Gasteiger partial charge in [-0.25, -0.2) is 4.39 Å². The van der Waals surface area contributed by atoms with Gasteiger partial charge in [0.1, 0.15) is 17.6 Å². The van der Waals surface area contributed by atoms with Gasteiger partial charge in [-0.2, -0.15) is 4.98 Å². The fourth-order valence-corrected chi connectivity index (χ4v) is 3.05. The van der Waals surface area contributed by atoms with E-state index in [0.717, 1.165) is 10.8 Å². The summed E-state index contributed by atoms with van der Waals surface area (Å²) in [7, 11) is 0. The molecular weight excluding hydrogens is 343 g/mol. The highest BCUT2D eigenvalue weighted by Gasteiger charge is 2.56. The highest BCUT2D eigenvalue weighted by molar-refractivity contribution is 6.27. The lowest BCUT2D eigenvalue weighted by Crippen LogP contribution is -2.41. The van der Waals surface area contributed by atoms with Gasteiger partial charge in [0.05, 0.1) is 9.30 Å². The number of nitrogens with one attached hydrogen (secondary N) is 1. The van der Waals surface area contributed by atoms with Gasteiger partial charge in [-0.1, -0.05) is 17.5 Å². The first-order chi connectivity index (χ1) is 12.0. The van der Waals surface area contributed by atoms with Crippen LogP contribution < -0.4 is 11.3 Å². The fourth-order valence-electron chi connectivity index (χ4n) is 2.68. The molecule has 0 spiro atoms. The Morgan fingerprint density at radius 2 is 2.46 bits per heavy atom. The molecule has 24 heavy (non-hydrogen) atoms. The summed E-state index contributed by atoms with van der Waals surface area (Å²) >= 11 is 6.40. The first kappa shape index (κ1) is 14.2. The number of alkyl halides is 1. The Kier molecular flexibility index (Phi) is 3.41. The lowest BCUT2D eigenvalue weighted by atomic mass is 9.99. The number of nitrogens with zero attached hydrogens (tertiary/aromatic N) is 2. The van der Waals surface area contributed by atoms with E-state index in [1.165, 1.54) is 6.92 Å². The number of aliphatic hydroxyl groups excluding tert-OH is 1. The van der Waals surface area contributed by atoms with Crippen LogP contribution in [0.2, 0.25) is 0 Å². The molecule has 10 heteroatoms. The maximum Gasteiger partial charge on any atom is 0.264 e. The summed E-state index contributed by atoms with van der Waals surface area (Å²) in [5.74, 6) is 3.73. The molecule has 8 nitrogen and oxygen atoms in total. The van der Waals surface area contributed by atoms with Crippen LogP contribution in [-0.2, 0) is 4.74 Å². The van der Waals surface area contributed by atoms with E-state index in [0.29, 0.717) is 0 Å². The molecule has 0 bridgehead atoms. The number of hydrogen-bond donors (Lipinski definition) is 4. The number of aliphatic hydroxyl groups is 2. The highest BCUT2D eigenvalue weighted by atomic mass is 35.5. The number of hydrogen-bond acceptors (Lipinski definition) is 6. The number of fused-ring (bicyclic) bond motifs is 1. The van der Waals surface area contributed by atoms with Crippen LogP contribution in [0, 0.1) is 17.7 Å². The van der Waals surface area contributed by atoms with Crippen molar-refractivity contribution in [3.63, 3.8) is 0 Å². The molecule has 0 radical (unpaired) electrons. The normalized spacial score (nSPS) is 31.5. The number of aromatic nitrogens is 3. The SMILES string of the molecule is [2H]C([2H])(O)[C@H]1O[C@@H](n2cc(F)c3c(=O)[nH]c(N)nc32)C(Cl)(C#CC)[C@H]1O. The van der Waals surface area contributed by atoms with Crippen LogP contribution in [0.3, 0.4) is 0 Å². The van der Waals surface area contributed by atoms with Crippen molar-refractivity contribution >= 4 is 28.6 Å². The zero-order valence-corrected chi connectivity index (χ0v) is 13.0. The molecule has 4 atom stereocenters. The molecule has 2 aromatic rings. The third kappa shape index (κ3) is 2.27. The van der Waals surface area contributed by atoms with Gasteiger partial charge in [-0.15, -0.1) is 5.92 Å². The lowest BCUT2D eigenvalue weighted by Gasteiger charge is -2.25. The summed E-state index contributed by atoms with van der Waals surface area (Å²) in [4.78, 5) is 16.0. The first-order valence-corrected chi connectivity index (χ1v) is 7.13. The fraction of sp³-hybridized carbons (Fsp3) is 0.429. The van der Waals surface area contributed by atoms with Gasteiger partial charge in [0.15, 0.2) is 22.6 Å².